The first-order chi connectivity index (χ1) is 6.85. The normalized spacial score (nSPS) is 43.4. The molecule has 0 radical (unpaired) electrons. The first-order valence-electron chi connectivity index (χ1n) is 5.65. The van der Waals surface area contributed by atoms with E-state index in [0.29, 0.717) is 11.8 Å². The predicted octanol–water partition coefficient (Wildman–Crippen LogP) is 4.19. The Morgan fingerprint density at radius 2 is 1.93 bits per heavy atom. The molecule has 2 unspecified atom stereocenters. The standard InChI is InChI=1S/C13H18F2/c1-9-4-5-11-8-13(14,15)7-6-12(11,3)10(9)2/h6-10H,4-5H2,1-3H3/t9?,10?,12-/m1/s1. The molecule has 1 fully saturated rings. The van der Waals surface area contributed by atoms with E-state index in [1.807, 2.05) is 0 Å². The van der Waals surface area contributed by atoms with Crippen LogP contribution in [0.15, 0.2) is 23.8 Å². The van der Waals surface area contributed by atoms with Crippen molar-refractivity contribution < 1.29 is 8.78 Å². The van der Waals surface area contributed by atoms with Gasteiger partial charge in [0.05, 0.1) is 0 Å². The maximum absolute atomic E-state index is 13.2. The van der Waals surface area contributed by atoms with Crippen molar-refractivity contribution in [3.8, 4) is 0 Å². The van der Waals surface area contributed by atoms with Crippen LogP contribution >= 0.6 is 0 Å². The van der Waals surface area contributed by atoms with Crippen molar-refractivity contribution in [2.45, 2.75) is 39.5 Å². The highest BCUT2D eigenvalue weighted by Gasteiger charge is 2.43. The molecule has 2 heteroatoms. The highest BCUT2D eigenvalue weighted by molar-refractivity contribution is 5.34. The molecule has 0 spiro atoms. The summed E-state index contributed by atoms with van der Waals surface area (Å²) in [6, 6.07) is 0. The van der Waals surface area contributed by atoms with Crippen LogP contribution in [-0.2, 0) is 0 Å². The van der Waals surface area contributed by atoms with Crippen LogP contribution in [0.4, 0.5) is 8.78 Å². The molecule has 0 N–H and O–H groups in total. The largest absolute Gasteiger partial charge is 0.285 e. The third-order valence-electron chi connectivity index (χ3n) is 4.38. The third kappa shape index (κ3) is 1.64. The minimum absolute atomic E-state index is 0.140. The molecule has 0 saturated heterocycles. The number of hydrogen-bond acceptors (Lipinski definition) is 0. The molecule has 3 atom stereocenters. The van der Waals surface area contributed by atoms with Crippen molar-refractivity contribution in [3.63, 3.8) is 0 Å². The van der Waals surface area contributed by atoms with Gasteiger partial charge in [-0.1, -0.05) is 32.4 Å². The second-order valence-corrected chi connectivity index (χ2v) is 5.26. The minimum atomic E-state index is -2.73. The summed E-state index contributed by atoms with van der Waals surface area (Å²) in [6.07, 6.45) is 5.82. The lowest BCUT2D eigenvalue weighted by atomic mass is 9.59. The summed E-state index contributed by atoms with van der Waals surface area (Å²) in [6.45, 7) is 6.48. The van der Waals surface area contributed by atoms with Crippen LogP contribution in [0.5, 0.6) is 0 Å². The monoisotopic (exact) mass is 212 g/mol. The van der Waals surface area contributed by atoms with Gasteiger partial charge in [0.25, 0.3) is 5.92 Å². The zero-order valence-corrected chi connectivity index (χ0v) is 9.56. The summed E-state index contributed by atoms with van der Waals surface area (Å²) in [4.78, 5) is 0. The SMILES string of the molecule is CC1CCC2=CC(F)(F)C=C[C@]2(C)C1C. The van der Waals surface area contributed by atoms with Crippen LogP contribution in [-0.4, -0.2) is 5.92 Å². The molecule has 0 bridgehead atoms. The number of halogens is 2. The van der Waals surface area contributed by atoms with Gasteiger partial charge in [0.15, 0.2) is 0 Å². The van der Waals surface area contributed by atoms with Gasteiger partial charge in [0.1, 0.15) is 0 Å². The molecule has 0 amide bonds. The minimum Gasteiger partial charge on any atom is -0.197 e. The van der Waals surface area contributed by atoms with Crippen molar-refractivity contribution in [3.05, 3.63) is 23.8 Å². The Morgan fingerprint density at radius 1 is 1.27 bits per heavy atom. The fourth-order valence-corrected chi connectivity index (χ4v) is 2.84. The Hall–Kier alpha value is -0.660. The highest BCUT2D eigenvalue weighted by Crippen LogP contribution is 2.51. The Bertz CT molecular complexity index is 327. The van der Waals surface area contributed by atoms with Gasteiger partial charge in [-0.25, -0.2) is 0 Å². The molecule has 2 aliphatic carbocycles. The van der Waals surface area contributed by atoms with E-state index in [0.717, 1.165) is 24.5 Å². The third-order valence-corrected chi connectivity index (χ3v) is 4.38. The van der Waals surface area contributed by atoms with Gasteiger partial charge in [-0.05, 0) is 36.8 Å². The van der Waals surface area contributed by atoms with E-state index >= 15 is 0 Å². The zero-order valence-electron chi connectivity index (χ0n) is 9.56. The van der Waals surface area contributed by atoms with E-state index in [-0.39, 0.29) is 5.41 Å². The van der Waals surface area contributed by atoms with E-state index in [2.05, 4.69) is 20.8 Å². The Balaban J connectivity index is 2.38. The van der Waals surface area contributed by atoms with Gasteiger partial charge >= 0.3 is 0 Å². The molecule has 84 valence electrons. The molecular formula is C13H18F2. The summed E-state index contributed by atoms with van der Waals surface area (Å²) in [5.74, 6) is -1.66. The topological polar surface area (TPSA) is 0 Å². The quantitative estimate of drug-likeness (QED) is 0.528. The molecule has 1 saturated carbocycles. The fourth-order valence-electron chi connectivity index (χ4n) is 2.84. The van der Waals surface area contributed by atoms with Crippen LogP contribution in [0.3, 0.4) is 0 Å². The fraction of sp³-hybridized carbons (Fsp3) is 0.692. The Kier molecular flexibility index (Phi) is 2.29. The Labute approximate surface area is 90.1 Å². The molecule has 0 aromatic carbocycles. The van der Waals surface area contributed by atoms with Crippen molar-refractivity contribution in [2.24, 2.45) is 17.3 Å². The summed E-state index contributed by atoms with van der Waals surface area (Å²) in [7, 11) is 0. The van der Waals surface area contributed by atoms with Gasteiger partial charge in [-0.15, -0.1) is 0 Å². The second-order valence-electron chi connectivity index (χ2n) is 5.26. The molecule has 0 nitrogen and oxygen atoms in total. The number of alkyl halides is 2. The summed E-state index contributed by atoms with van der Waals surface area (Å²) in [5, 5.41) is 0. The van der Waals surface area contributed by atoms with Crippen molar-refractivity contribution in [1.29, 1.82) is 0 Å². The maximum atomic E-state index is 13.2. The van der Waals surface area contributed by atoms with Gasteiger partial charge in [-0.3, -0.25) is 0 Å². The number of fused-ring (bicyclic) bond motifs is 1. The van der Waals surface area contributed by atoms with Gasteiger partial charge in [0.2, 0.25) is 0 Å². The van der Waals surface area contributed by atoms with E-state index in [9.17, 15) is 8.78 Å². The Morgan fingerprint density at radius 3 is 2.60 bits per heavy atom. The van der Waals surface area contributed by atoms with Crippen LogP contribution in [0.25, 0.3) is 0 Å². The lowest BCUT2D eigenvalue weighted by Gasteiger charge is -2.46. The van der Waals surface area contributed by atoms with E-state index in [4.69, 9.17) is 0 Å². The average Bonchev–Trinajstić information content (AvgIpc) is 2.16. The van der Waals surface area contributed by atoms with Crippen LogP contribution in [0.1, 0.15) is 33.6 Å². The number of hydrogen-bond donors (Lipinski definition) is 0. The van der Waals surface area contributed by atoms with Crippen LogP contribution in [0.2, 0.25) is 0 Å². The molecule has 0 aromatic rings. The predicted molar refractivity (Wildman–Crippen MR) is 57.8 cm³/mol. The highest BCUT2D eigenvalue weighted by atomic mass is 19.3. The average molecular weight is 212 g/mol. The van der Waals surface area contributed by atoms with Crippen LogP contribution in [0, 0.1) is 17.3 Å². The van der Waals surface area contributed by atoms with Crippen molar-refractivity contribution >= 4 is 0 Å². The zero-order chi connectivity index (χ0) is 11.3. The molecule has 2 aliphatic rings. The smallest absolute Gasteiger partial charge is 0.197 e. The number of rotatable bonds is 0. The molecule has 0 aromatic heterocycles. The lowest BCUT2D eigenvalue weighted by Crippen LogP contribution is -2.38. The lowest BCUT2D eigenvalue weighted by molar-refractivity contribution is 0.0917. The molecule has 0 heterocycles. The second kappa shape index (κ2) is 3.16. The summed E-state index contributed by atoms with van der Waals surface area (Å²) < 4.78 is 26.4. The summed E-state index contributed by atoms with van der Waals surface area (Å²) >= 11 is 0. The molecular weight excluding hydrogens is 194 g/mol. The molecule has 2 rings (SSSR count). The number of allylic oxidation sites excluding steroid dienone is 4. The summed E-state index contributed by atoms with van der Waals surface area (Å²) in [5.41, 5.74) is 0.792. The van der Waals surface area contributed by atoms with Gasteiger partial charge < -0.3 is 0 Å². The van der Waals surface area contributed by atoms with Crippen molar-refractivity contribution in [2.75, 3.05) is 0 Å². The first kappa shape index (κ1) is 10.8. The van der Waals surface area contributed by atoms with Gasteiger partial charge in [-0.2, -0.15) is 8.78 Å². The van der Waals surface area contributed by atoms with Gasteiger partial charge in [0, 0.05) is 5.41 Å². The first-order valence-corrected chi connectivity index (χ1v) is 5.65. The van der Waals surface area contributed by atoms with Crippen LogP contribution < -0.4 is 0 Å². The van der Waals surface area contributed by atoms with E-state index < -0.39 is 5.92 Å². The van der Waals surface area contributed by atoms with E-state index in [1.54, 1.807) is 6.08 Å². The maximum Gasteiger partial charge on any atom is 0.285 e. The molecule has 0 aliphatic heterocycles. The molecule has 15 heavy (non-hydrogen) atoms. The van der Waals surface area contributed by atoms with Crippen molar-refractivity contribution in [1.82, 2.24) is 0 Å². The van der Waals surface area contributed by atoms with E-state index in [1.165, 1.54) is 6.08 Å².